The molecular weight excluding hydrogens is 244 g/mol. The molecule has 1 aliphatic carbocycles. The summed E-state index contributed by atoms with van der Waals surface area (Å²) in [7, 11) is 0. The van der Waals surface area contributed by atoms with Gasteiger partial charge < -0.3 is 14.9 Å². The number of urea groups is 1. The molecule has 1 N–H and O–H groups in total. The van der Waals surface area contributed by atoms with Crippen LogP contribution in [-0.2, 0) is 4.79 Å². The highest BCUT2D eigenvalue weighted by atomic mass is 16.4. The molecule has 0 radical (unpaired) electrons. The molecule has 1 saturated heterocycles. The lowest BCUT2D eigenvalue weighted by Gasteiger charge is -2.28. The fourth-order valence-electron chi connectivity index (χ4n) is 2.80. The third-order valence-electron chi connectivity index (χ3n) is 4.58. The van der Waals surface area contributed by atoms with Crippen molar-refractivity contribution >= 4 is 12.0 Å². The second-order valence-electron chi connectivity index (χ2n) is 5.88. The van der Waals surface area contributed by atoms with Crippen molar-refractivity contribution in [1.82, 2.24) is 9.80 Å². The number of likely N-dealkylation sites (tertiary alicyclic amines) is 1. The number of hydrogen-bond acceptors (Lipinski definition) is 2. The first-order valence-corrected chi connectivity index (χ1v) is 7.29. The quantitative estimate of drug-likeness (QED) is 0.830. The van der Waals surface area contributed by atoms with Crippen LogP contribution in [0.25, 0.3) is 0 Å². The normalized spacial score (nSPS) is 26.5. The Kier molecular flexibility index (Phi) is 4.02. The molecule has 2 fully saturated rings. The number of hydrogen-bond donors (Lipinski definition) is 1. The number of nitrogens with zero attached hydrogens (tertiary/aromatic N) is 2. The molecule has 0 bridgehead atoms. The van der Waals surface area contributed by atoms with E-state index in [-0.39, 0.29) is 6.03 Å². The number of carboxylic acid groups (broad SMARTS) is 1. The van der Waals surface area contributed by atoms with E-state index in [1.165, 1.54) is 12.8 Å². The average molecular weight is 268 g/mol. The van der Waals surface area contributed by atoms with Gasteiger partial charge in [0.15, 0.2) is 0 Å². The van der Waals surface area contributed by atoms with Crippen LogP contribution < -0.4 is 0 Å². The molecule has 0 aromatic rings. The largest absolute Gasteiger partial charge is 0.481 e. The average Bonchev–Trinajstić information content (AvgIpc) is 3.10. The van der Waals surface area contributed by atoms with E-state index < -0.39 is 11.4 Å². The molecule has 1 aliphatic heterocycles. The minimum Gasteiger partial charge on any atom is -0.481 e. The van der Waals surface area contributed by atoms with Crippen molar-refractivity contribution < 1.29 is 14.7 Å². The van der Waals surface area contributed by atoms with E-state index >= 15 is 0 Å². The smallest absolute Gasteiger partial charge is 0.320 e. The van der Waals surface area contributed by atoms with Crippen molar-refractivity contribution in [1.29, 1.82) is 0 Å². The van der Waals surface area contributed by atoms with Gasteiger partial charge in [0, 0.05) is 26.2 Å². The Morgan fingerprint density at radius 1 is 1.37 bits per heavy atom. The Hall–Kier alpha value is -1.26. The summed E-state index contributed by atoms with van der Waals surface area (Å²) < 4.78 is 0. The molecule has 1 unspecified atom stereocenters. The van der Waals surface area contributed by atoms with E-state index in [1.54, 1.807) is 4.90 Å². The maximum atomic E-state index is 12.4. The first-order chi connectivity index (χ1) is 9.02. The van der Waals surface area contributed by atoms with Gasteiger partial charge in [0.2, 0.25) is 0 Å². The number of rotatable bonds is 5. The number of amides is 2. The summed E-state index contributed by atoms with van der Waals surface area (Å²) in [6.07, 6.45) is 3.60. The molecule has 0 spiro atoms. The SMILES string of the molecule is CCN(CC1CC1)C(=O)N1CCC(CC)(C(=O)O)C1. The second-order valence-corrected chi connectivity index (χ2v) is 5.88. The van der Waals surface area contributed by atoms with Gasteiger partial charge in [-0.1, -0.05) is 6.92 Å². The monoisotopic (exact) mass is 268 g/mol. The standard InChI is InChI=1S/C14H24N2O3/c1-3-14(12(17)18)7-8-16(10-14)13(19)15(4-2)9-11-5-6-11/h11H,3-10H2,1-2H3,(H,17,18). The van der Waals surface area contributed by atoms with Gasteiger partial charge in [-0.3, -0.25) is 4.79 Å². The van der Waals surface area contributed by atoms with Gasteiger partial charge in [-0.15, -0.1) is 0 Å². The number of carbonyl (C=O) groups excluding carboxylic acids is 1. The number of carbonyl (C=O) groups is 2. The zero-order chi connectivity index (χ0) is 14.0. The summed E-state index contributed by atoms with van der Waals surface area (Å²) in [6, 6.07) is 0.0194. The molecule has 2 aliphatic rings. The summed E-state index contributed by atoms with van der Waals surface area (Å²) in [4.78, 5) is 27.4. The molecule has 19 heavy (non-hydrogen) atoms. The lowest BCUT2D eigenvalue weighted by atomic mass is 9.84. The Balaban J connectivity index is 1.98. The second kappa shape index (κ2) is 5.39. The van der Waals surface area contributed by atoms with Crippen LogP contribution in [0.5, 0.6) is 0 Å². The molecule has 1 heterocycles. The van der Waals surface area contributed by atoms with Crippen LogP contribution in [0.15, 0.2) is 0 Å². The summed E-state index contributed by atoms with van der Waals surface area (Å²) in [5.41, 5.74) is -0.728. The predicted molar refractivity (Wildman–Crippen MR) is 71.9 cm³/mol. The van der Waals surface area contributed by atoms with Crippen molar-refractivity contribution in [2.75, 3.05) is 26.2 Å². The van der Waals surface area contributed by atoms with Crippen LogP contribution >= 0.6 is 0 Å². The minimum absolute atomic E-state index is 0.0194. The molecule has 5 nitrogen and oxygen atoms in total. The van der Waals surface area contributed by atoms with Gasteiger partial charge in [0.05, 0.1) is 5.41 Å². The summed E-state index contributed by atoms with van der Waals surface area (Å²) in [5.74, 6) is -0.0996. The van der Waals surface area contributed by atoms with Crippen molar-refractivity contribution in [3.63, 3.8) is 0 Å². The maximum Gasteiger partial charge on any atom is 0.320 e. The Bertz CT molecular complexity index is 368. The van der Waals surface area contributed by atoms with E-state index in [0.717, 1.165) is 6.54 Å². The maximum absolute atomic E-state index is 12.4. The molecule has 2 amide bonds. The molecule has 5 heteroatoms. The zero-order valence-corrected chi connectivity index (χ0v) is 11.9. The first kappa shape index (κ1) is 14.2. The van der Waals surface area contributed by atoms with Gasteiger partial charge in [-0.25, -0.2) is 4.79 Å². The topological polar surface area (TPSA) is 60.9 Å². The molecule has 2 rings (SSSR count). The molecule has 1 atom stereocenters. The third kappa shape index (κ3) is 2.85. The fraction of sp³-hybridized carbons (Fsp3) is 0.857. The predicted octanol–water partition coefficient (Wildman–Crippen LogP) is 2.03. The van der Waals surface area contributed by atoms with E-state index in [4.69, 9.17) is 0 Å². The van der Waals surface area contributed by atoms with Crippen LogP contribution in [0.3, 0.4) is 0 Å². The summed E-state index contributed by atoms with van der Waals surface area (Å²) in [5, 5.41) is 9.36. The third-order valence-corrected chi connectivity index (χ3v) is 4.58. The minimum atomic E-state index is -0.768. The van der Waals surface area contributed by atoms with E-state index in [0.29, 0.717) is 38.4 Å². The molecular formula is C14H24N2O3. The van der Waals surface area contributed by atoms with Crippen molar-refractivity contribution in [2.45, 2.75) is 39.5 Å². The number of carboxylic acids is 1. The van der Waals surface area contributed by atoms with E-state index in [9.17, 15) is 14.7 Å². The van der Waals surface area contributed by atoms with Gasteiger partial charge in [-0.05, 0) is 38.5 Å². The van der Waals surface area contributed by atoms with Gasteiger partial charge >= 0.3 is 12.0 Å². The summed E-state index contributed by atoms with van der Waals surface area (Å²) >= 11 is 0. The van der Waals surface area contributed by atoms with Crippen LogP contribution in [0.4, 0.5) is 4.79 Å². The van der Waals surface area contributed by atoms with E-state index in [1.807, 2.05) is 18.7 Å². The van der Waals surface area contributed by atoms with Crippen LogP contribution in [-0.4, -0.2) is 53.1 Å². The first-order valence-electron chi connectivity index (χ1n) is 7.29. The summed E-state index contributed by atoms with van der Waals surface area (Å²) in [6.45, 7) is 6.35. The van der Waals surface area contributed by atoms with Crippen LogP contribution in [0.2, 0.25) is 0 Å². The fourth-order valence-corrected chi connectivity index (χ4v) is 2.80. The Morgan fingerprint density at radius 2 is 2.05 bits per heavy atom. The highest BCUT2D eigenvalue weighted by molar-refractivity contribution is 5.79. The Morgan fingerprint density at radius 3 is 2.47 bits per heavy atom. The van der Waals surface area contributed by atoms with Crippen LogP contribution in [0, 0.1) is 11.3 Å². The molecule has 0 aromatic heterocycles. The highest BCUT2D eigenvalue weighted by Gasteiger charge is 2.45. The highest BCUT2D eigenvalue weighted by Crippen LogP contribution is 2.35. The molecule has 1 saturated carbocycles. The Labute approximate surface area is 114 Å². The van der Waals surface area contributed by atoms with Gasteiger partial charge in [0.1, 0.15) is 0 Å². The van der Waals surface area contributed by atoms with Gasteiger partial charge in [0.25, 0.3) is 0 Å². The number of aliphatic carboxylic acids is 1. The van der Waals surface area contributed by atoms with Gasteiger partial charge in [-0.2, -0.15) is 0 Å². The van der Waals surface area contributed by atoms with Crippen LogP contribution in [0.1, 0.15) is 39.5 Å². The zero-order valence-electron chi connectivity index (χ0n) is 11.9. The van der Waals surface area contributed by atoms with E-state index in [2.05, 4.69) is 0 Å². The van der Waals surface area contributed by atoms with Crippen molar-refractivity contribution in [3.8, 4) is 0 Å². The lowest BCUT2D eigenvalue weighted by molar-refractivity contribution is -0.148. The van der Waals surface area contributed by atoms with Crippen molar-refractivity contribution in [3.05, 3.63) is 0 Å². The lowest BCUT2D eigenvalue weighted by Crippen LogP contribution is -2.44. The molecule has 108 valence electrons. The van der Waals surface area contributed by atoms with Crippen molar-refractivity contribution in [2.24, 2.45) is 11.3 Å². The molecule has 0 aromatic carbocycles.